The molecule has 4 rings (SSSR count). The molecule has 2 aromatic heterocycles. The van der Waals surface area contributed by atoms with Crippen molar-refractivity contribution in [3.8, 4) is 5.75 Å². The van der Waals surface area contributed by atoms with Crippen molar-refractivity contribution in [2.75, 3.05) is 26.7 Å². The first-order valence-corrected chi connectivity index (χ1v) is 12.9. The highest BCUT2D eigenvalue weighted by Crippen LogP contribution is 2.44. The summed E-state index contributed by atoms with van der Waals surface area (Å²) in [7, 11) is 1.56. The molecule has 3 aromatic rings. The third kappa shape index (κ3) is 6.51. The molecule has 0 saturated carbocycles. The van der Waals surface area contributed by atoms with Crippen LogP contribution in [0.3, 0.4) is 0 Å². The number of ether oxygens (including phenoxy) is 1. The van der Waals surface area contributed by atoms with Crippen molar-refractivity contribution in [3.05, 3.63) is 65.1 Å². The van der Waals surface area contributed by atoms with Gasteiger partial charge in [0.05, 0.1) is 24.1 Å². The van der Waals surface area contributed by atoms with Gasteiger partial charge in [0.15, 0.2) is 0 Å². The van der Waals surface area contributed by atoms with Crippen LogP contribution in [0.2, 0.25) is 5.02 Å². The number of hydrogen-bond acceptors (Lipinski definition) is 5. The Balaban J connectivity index is 1.39. The lowest BCUT2D eigenvalue weighted by Gasteiger charge is -2.41. The van der Waals surface area contributed by atoms with Crippen LogP contribution in [-0.2, 0) is 11.2 Å². The van der Waals surface area contributed by atoms with Gasteiger partial charge in [-0.3, -0.25) is 14.8 Å². The smallest absolute Gasteiger partial charge is 0.303 e. The Morgan fingerprint density at radius 3 is 2.75 bits per heavy atom. The lowest BCUT2D eigenvalue weighted by atomic mass is 9.71. The van der Waals surface area contributed by atoms with Crippen molar-refractivity contribution in [3.63, 3.8) is 0 Å². The van der Waals surface area contributed by atoms with Crippen molar-refractivity contribution in [1.29, 1.82) is 0 Å². The number of rotatable bonds is 11. The zero-order chi connectivity index (χ0) is 25.5. The molecule has 192 valence electrons. The molecule has 1 aliphatic heterocycles. The minimum atomic E-state index is -1.32. The highest BCUT2D eigenvalue weighted by atomic mass is 35.5. The highest BCUT2D eigenvalue weighted by molar-refractivity contribution is 6.32. The summed E-state index contributed by atoms with van der Waals surface area (Å²) >= 11 is 6.40. The van der Waals surface area contributed by atoms with E-state index in [1.807, 2.05) is 24.4 Å². The maximum atomic E-state index is 15.7. The Morgan fingerprint density at radius 2 is 2.06 bits per heavy atom. The molecule has 0 amide bonds. The van der Waals surface area contributed by atoms with Crippen molar-refractivity contribution < 1.29 is 19.0 Å². The second-order valence-electron chi connectivity index (χ2n) is 9.75. The molecule has 1 fully saturated rings. The monoisotopic (exact) mass is 513 g/mol. The Morgan fingerprint density at radius 1 is 1.25 bits per heavy atom. The average molecular weight is 514 g/mol. The molecule has 0 radical (unpaired) electrons. The summed E-state index contributed by atoms with van der Waals surface area (Å²) in [5, 5.41) is 10.5. The maximum absolute atomic E-state index is 15.7. The number of benzene rings is 1. The zero-order valence-corrected chi connectivity index (χ0v) is 21.4. The lowest BCUT2D eigenvalue weighted by Crippen LogP contribution is -2.41. The van der Waals surface area contributed by atoms with Crippen LogP contribution in [0.5, 0.6) is 5.75 Å². The van der Waals surface area contributed by atoms with E-state index in [-0.39, 0.29) is 17.9 Å². The summed E-state index contributed by atoms with van der Waals surface area (Å²) in [6, 6.07) is 11.3. The van der Waals surface area contributed by atoms with E-state index in [0.29, 0.717) is 28.6 Å². The summed E-state index contributed by atoms with van der Waals surface area (Å²) in [5.74, 6) is -0.219. The van der Waals surface area contributed by atoms with Crippen LogP contribution in [0.1, 0.15) is 56.0 Å². The van der Waals surface area contributed by atoms with Gasteiger partial charge in [0.2, 0.25) is 0 Å². The predicted octanol–water partition coefficient (Wildman–Crippen LogP) is 6.27. The van der Waals surface area contributed by atoms with E-state index in [4.69, 9.17) is 16.3 Å². The molecule has 0 unspecified atom stereocenters. The number of aliphatic carboxylic acids is 1. The lowest BCUT2D eigenvalue weighted by molar-refractivity contribution is -0.141. The van der Waals surface area contributed by atoms with E-state index in [0.717, 1.165) is 51.0 Å². The van der Waals surface area contributed by atoms with E-state index < -0.39 is 17.6 Å². The summed E-state index contributed by atoms with van der Waals surface area (Å²) < 4.78 is 21.0. The molecule has 1 aromatic carbocycles. The van der Waals surface area contributed by atoms with E-state index in [2.05, 4.69) is 14.9 Å². The van der Waals surface area contributed by atoms with Crippen LogP contribution < -0.4 is 4.74 Å². The van der Waals surface area contributed by atoms with Gasteiger partial charge in [0, 0.05) is 29.0 Å². The number of halogens is 2. The molecule has 8 heteroatoms. The summed E-state index contributed by atoms with van der Waals surface area (Å²) in [6.07, 6.45) is 6.15. The predicted molar refractivity (Wildman–Crippen MR) is 139 cm³/mol. The second kappa shape index (κ2) is 12.0. The summed E-state index contributed by atoms with van der Waals surface area (Å²) in [5.41, 5.74) is 1.72. The van der Waals surface area contributed by atoms with Crippen LogP contribution >= 0.6 is 11.6 Å². The molecule has 6 nitrogen and oxygen atoms in total. The molecule has 1 saturated heterocycles. The number of likely N-dealkylation sites (tertiary alicyclic amines) is 1. The SMILES string of the molecule is COc1ccc2ncc(Cl)c([C@@H](F)CCC3(CC(=O)O)CCN(CCCc4ccccn4)CC3)c2c1. The van der Waals surface area contributed by atoms with Crippen molar-refractivity contribution >= 4 is 28.5 Å². The normalized spacial score (nSPS) is 16.6. The number of aryl methyl sites for hydroxylation is 1. The molecule has 1 aliphatic rings. The van der Waals surface area contributed by atoms with Gasteiger partial charge in [-0.15, -0.1) is 0 Å². The van der Waals surface area contributed by atoms with Crippen LogP contribution in [0, 0.1) is 5.41 Å². The molecule has 1 N–H and O–H groups in total. The summed E-state index contributed by atoms with van der Waals surface area (Å²) in [6.45, 7) is 2.59. The minimum Gasteiger partial charge on any atom is -0.497 e. The molecular formula is C28H33ClFN3O3. The highest BCUT2D eigenvalue weighted by Gasteiger charge is 2.37. The van der Waals surface area contributed by atoms with Gasteiger partial charge in [0.25, 0.3) is 0 Å². The van der Waals surface area contributed by atoms with Gasteiger partial charge in [-0.05, 0) is 93.9 Å². The van der Waals surface area contributed by atoms with Crippen molar-refractivity contribution in [1.82, 2.24) is 14.9 Å². The quantitative estimate of drug-likeness (QED) is 0.325. The number of alkyl halides is 1. The molecular weight excluding hydrogens is 481 g/mol. The van der Waals surface area contributed by atoms with Crippen molar-refractivity contribution in [2.45, 2.75) is 51.1 Å². The molecule has 0 bridgehead atoms. The molecule has 36 heavy (non-hydrogen) atoms. The van der Waals surface area contributed by atoms with E-state index in [1.54, 1.807) is 25.3 Å². The number of carbonyl (C=O) groups is 1. The number of nitrogens with zero attached hydrogens (tertiary/aromatic N) is 3. The van der Waals surface area contributed by atoms with E-state index in [1.165, 1.54) is 6.20 Å². The van der Waals surface area contributed by atoms with Gasteiger partial charge in [-0.1, -0.05) is 17.7 Å². The molecule has 0 spiro atoms. The first-order chi connectivity index (χ1) is 17.4. The largest absolute Gasteiger partial charge is 0.497 e. The molecule has 1 atom stereocenters. The Bertz CT molecular complexity index is 1170. The number of carboxylic acids is 1. The second-order valence-corrected chi connectivity index (χ2v) is 10.2. The fourth-order valence-corrected chi connectivity index (χ4v) is 5.58. The number of pyridine rings is 2. The molecule has 3 heterocycles. The first kappa shape index (κ1) is 26.3. The Labute approximate surface area is 216 Å². The van der Waals surface area contributed by atoms with E-state index in [9.17, 15) is 9.90 Å². The number of aromatic nitrogens is 2. The van der Waals surface area contributed by atoms with Gasteiger partial charge < -0.3 is 14.7 Å². The number of methoxy groups -OCH3 is 1. The van der Waals surface area contributed by atoms with Crippen LogP contribution in [0.25, 0.3) is 10.9 Å². The fourth-order valence-electron chi connectivity index (χ4n) is 5.31. The average Bonchev–Trinajstić information content (AvgIpc) is 2.88. The van der Waals surface area contributed by atoms with Crippen LogP contribution in [0.15, 0.2) is 48.8 Å². The van der Waals surface area contributed by atoms with Gasteiger partial charge in [-0.2, -0.15) is 0 Å². The van der Waals surface area contributed by atoms with Crippen molar-refractivity contribution in [2.24, 2.45) is 5.41 Å². The number of hydrogen-bond donors (Lipinski definition) is 1. The standard InChI is InChI=1S/C28H33ClFN3O3/c1-36-21-7-8-25-22(17-21)27(23(29)19-32-25)24(30)9-10-28(18-26(34)35)11-15-33(16-12-28)14-4-6-20-5-2-3-13-31-20/h2-3,5,7-8,13,17,19,24H,4,6,9-12,14-16,18H2,1H3,(H,34,35)/t24-/m0/s1. The third-order valence-corrected chi connectivity index (χ3v) is 7.69. The van der Waals surface area contributed by atoms with E-state index >= 15 is 4.39 Å². The van der Waals surface area contributed by atoms with Gasteiger partial charge >= 0.3 is 5.97 Å². The van der Waals surface area contributed by atoms with Gasteiger partial charge in [0.1, 0.15) is 11.9 Å². The maximum Gasteiger partial charge on any atom is 0.303 e. The first-order valence-electron chi connectivity index (χ1n) is 12.5. The number of fused-ring (bicyclic) bond motifs is 1. The fraction of sp³-hybridized carbons (Fsp3) is 0.464. The number of piperidine rings is 1. The Hall–Kier alpha value is -2.77. The van der Waals surface area contributed by atoms with Gasteiger partial charge in [-0.25, -0.2) is 4.39 Å². The molecule has 0 aliphatic carbocycles. The minimum absolute atomic E-state index is 0.0557. The third-order valence-electron chi connectivity index (χ3n) is 7.39. The van der Waals surface area contributed by atoms with Crippen LogP contribution in [0.4, 0.5) is 4.39 Å². The number of carboxylic acid groups (broad SMARTS) is 1. The summed E-state index contributed by atoms with van der Waals surface area (Å²) in [4.78, 5) is 22.8. The zero-order valence-electron chi connectivity index (χ0n) is 20.6. The van der Waals surface area contributed by atoms with Crippen LogP contribution in [-0.4, -0.2) is 52.7 Å². The topological polar surface area (TPSA) is 75.6 Å². The Kier molecular flexibility index (Phi) is 8.75.